The molecule has 0 bridgehead atoms. The fraction of sp³-hybridized carbons (Fsp3) is 0.720. The summed E-state index contributed by atoms with van der Waals surface area (Å²) in [7, 11) is 0. The van der Waals surface area contributed by atoms with Gasteiger partial charge in [0.05, 0.1) is 17.8 Å². The van der Waals surface area contributed by atoms with Gasteiger partial charge in [0.25, 0.3) is 5.91 Å². The van der Waals surface area contributed by atoms with Gasteiger partial charge < -0.3 is 31.3 Å². The number of amides is 1. The lowest BCUT2D eigenvalue weighted by Crippen LogP contribution is -2.44. The van der Waals surface area contributed by atoms with E-state index in [2.05, 4.69) is 23.2 Å². The number of fused-ring (bicyclic) bond motifs is 1. The van der Waals surface area contributed by atoms with E-state index >= 15 is 0 Å². The van der Waals surface area contributed by atoms with Crippen LogP contribution in [0.25, 0.3) is 5.65 Å². The summed E-state index contributed by atoms with van der Waals surface area (Å²) in [5.74, 6) is 1.09. The summed E-state index contributed by atoms with van der Waals surface area (Å²) in [6.45, 7) is 6.93. The summed E-state index contributed by atoms with van der Waals surface area (Å²) < 4.78 is 8.02. The molecule has 192 valence electrons. The zero-order chi connectivity index (χ0) is 24.4. The highest BCUT2D eigenvalue weighted by Crippen LogP contribution is 2.34. The molecule has 0 aliphatic carbocycles. The Labute approximate surface area is 207 Å². The molecule has 0 saturated carbocycles. The quantitative estimate of drug-likeness (QED) is 0.476. The molecule has 3 saturated heterocycles. The molecule has 1 amide bonds. The topological polar surface area (TPSA) is 127 Å². The molecule has 35 heavy (non-hydrogen) atoms. The van der Waals surface area contributed by atoms with Gasteiger partial charge in [-0.15, -0.1) is 0 Å². The maximum atomic E-state index is 13.5. The van der Waals surface area contributed by atoms with Crippen LogP contribution in [0.2, 0.25) is 0 Å². The fourth-order valence-corrected chi connectivity index (χ4v) is 5.70. The van der Waals surface area contributed by atoms with Crippen molar-refractivity contribution in [2.24, 2.45) is 11.5 Å². The smallest absolute Gasteiger partial charge is 0.252 e. The first-order valence-corrected chi connectivity index (χ1v) is 13.3. The standard InChI is InChI=1S/C25H40N8O2/c1-17-15-33-23(29-24(17)31-12-8-18(27)16-31)13-20(30-33)21-5-2-3-11-32(21)25(34)22-7-6-19(35-22)14-28-10-4-9-26/h13,15,18-19,21-22,28H,2-12,14,16,26-27H2,1H3/t18-,19?,21-,22?/m0/s1. The Hall–Kier alpha value is -2.27. The van der Waals surface area contributed by atoms with Gasteiger partial charge in [-0.2, -0.15) is 5.10 Å². The van der Waals surface area contributed by atoms with Gasteiger partial charge in [-0.1, -0.05) is 0 Å². The van der Waals surface area contributed by atoms with E-state index in [1.807, 2.05) is 15.6 Å². The monoisotopic (exact) mass is 484 g/mol. The minimum Gasteiger partial charge on any atom is -0.364 e. The van der Waals surface area contributed by atoms with Gasteiger partial charge in [-0.05, 0) is 65.0 Å². The Morgan fingerprint density at radius 2 is 2.11 bits per heavy atom. The third-order valence-electron chi connectivity index (χ3n) is 7.59. The number of hydrogen-bond donors (Lipinski definition) is 3. The van der Waals surface area contributed by atoms with Crippen LogP contribution in [0, 0.1) is 6.92 Å². The number of carbonyl (C=O) groups is 1. The van der Waals surface area contributed by atoms with Gasteiger partial charge in [0.1, 0.15) is 11.9 Å². The summed E-state index contributed by atoms with van der Waals surface area (Å²) in [6.07, 6.45) is 8.42. The molecule has 5 heterocycles. The first-order valence-electron chi connectivity index (χ1n) is 13.3. The van der Waals surface area contributed by atoms with Crippen molar-refractivity contribution in [1.29, 1.82) is 0 Å². The molecule has 3 aliphatic heterocycles. The predicted octanol–water partition coefficient (Wildman–Crippen LogP) is 1.11. The summed E-state index contributed by atoms with van der Waals surface area (Å²) in [5, 5.41) is 8.26. The van der Waals surface area contributed by atoms with Gasteiger partial charge in [0.2, 0.25) is 0 Å². The second-order valence-electron chi connectivity index (χ2n) is 10.3. The molecule has 0 radical (unpaired) electrons. The number of ether oxygens (including phenoxy) is 1. The molecule has 2 aromatic heterocycles. The van der Waals surface area contributed by atoms with Crippen molar-refractivity contribution in [3.05, 3.63) is 23.5 Å². The van der Waals surface area contributed by atoms with E-state index in [9.17, 15) is 4.79 Å². The average Bonchev–Trinajstić information content (AvgIpc) is 3.60. The minimum absolute atomic E-state index is 0.0350. The predicted molar refractivity (Wildman–Crippen MR) is 135 cm³/mol. The van der Waals surface area contributed by atoms with Crippen LogP contribution >= 0.6 is 0 Å². The van der Waals surface area contributed by atoms with E-state index in [1.165, 1.54) is 0 Å². The lowest BCUT2D eigenvalue weighted by molar-refractivity contribution is -0.147. The second kappa shape index (κ2) is 10.8. The Morgan fingerprint density at radius 3 is 2.91 bits per heavy atom. The van der Waals surface area contributed by atoms with E-state index in [0.29, 0.717) is 6.54 Å². The van der Waals surface area contributed by atoms with Gasteiger partial charge in [0.15, 0.2) is 5.65 Å². The second-order valence-corrected chi connectivity index (χ2v) is 10.3. The SMILES string of the molecule is Cc1cn2nc([C@@H]3CCCCN3C(=O)C3CCC(CNCCCN)O3)cc2nc1N1CC[C@H](N)C1. The van der Waals surface area contributed by atoms with Crippen molar-refractivity contribution >= 4 is 17.4 Å². The Kier molecular flexibility index (Phi) is 7.52. The Morgan fingerprint density at radius 1 is 1.23 bits per heavy atom. The van der Waals surface area contributed by atoms with E-state index in [0.717, 1.165) is 100 Å². The van der Waals surface area contributed by atoms with Crippen molar-refractivity contribution in [2.45, 2.75) is 76.2 Å². The number of carbonyl (C=O) groups excluding carboxylic acids is 1. The lowest BCUT2D eigenvalue weighted by atomic mass is 9.98. The largest absolute Gasteiger partial charge is 0.364 e. The first-order chi connectivity index (χ1) is 17.0. The summed E-state index contributed by atoms with van der Waals surface area (Å²) in [4.78, 5) is 22.7. The number of aromatic nitrogens is 3. The van der Waals surface area contributed by atoms with Crippen LogP contribution in [-0.2, 0) is 9.53 Å². The van der Waals surface area contributed by atoms with E-state index in [-0.39, 0.29) is 30.2 Å². The van der Waals surface area contributed by atoms with Crippen molar-refractivity contribution in [3.8, 4) is 0 Å². The minimum atomic E-state index is -0.361. The molecule has 2 unspecified atom stereocenters. The van der Waals surface area contributed by atoms with Crippen molar-refractivity contribution in [2.75, 3.05) is 44.2 Å². The molecule has 3 fully saturated rings. The number of nitrogens with two attached hydrogens (primary N) is 2. The van der Waals surface area contributed by atoms with Crippen LogP contribution in [0.1, 0.15) is 62.2 Å². The summed E-state index contributed by atoms with van der Waals surface area (Å²) in [5.41, 5.74) is 14.5. The Balaban J connectivity index is 1.29. The number of likely N-dealkylation sites (tertiary alicyclic amines) is 1. The van der Waals surface area contributed by atoms with E-state index in [4.69, 9.17) is 26.3 Å². The zero-order valence-corrected chi connectivity index (χ0v) is 20.9. The molecule has 0 spiro atoms. The zero-order valence-electron chi connectivity index (χ0n) is 20.9. The Bertz CT molecular complexity index is 1030. The van der Waals surface area contributed by atoms with Crippen LogP contribution in [0.4, 0.5) is 5.82 Å². The van der Waals surface area contributed by atoms with Crippen molar-refractivity contribution in [3.63, 3.8) is 0 Å². The van der Waals surface area contributed by atoms with E-state index < -0.39 is 0 Å². The normalized spacial score (nSPS) is 27.3. The van der Waals surface area contributed by atoms with Crippen LogP contribution < -0.4 is 21.7 Å². The first kappa shape index (κ1) is 24.4. The lowest BCUT2D eigenvalue weighted by Gasteiger charge is -2.36. The molecule has 5 N–H and O–H groups in total. The summed E-state index contributed by atoms with van der Waals surface area (Å²) in [6, 6.07) is 2.22. The average molecular weight is 485 g/mol. The molecule has 0 aromatic carbocycles. The number of hydrogen-bond acceptors (Lipinski definition) is 8. The maximum Gasteiger partial charge on any atom is 0.252 e. The number of aryl methyl sites for hydroxylation is 1. The molecule has 5 rings (SSSR count). The van der Waals surface area contributed by atoms with Crippen LogP contribution in [0.5, 0.6) is 0 Å². The summed E-state index contributed by atoms with van der Waals surface area (Å²) >= 11 is 0. The number of nitrogens with zero attached hydrogens (tertiary/aromatic N) is 5. The van der Waals surface area contributed by atoms with Crippen molar-refractivity contribution in [1.82, 2.24) is 24.8 Å². The van der Waals surface area contributed by atoms with Crippen LogP contribution in [0.3, 0.4) is 0 Å². The molecule has 10 heteroatoms. The van der Waals surface area contributed by atoms with Gasteiger partial charge in [-0.25, -0.2) is 9.50 Å². The highest BCUT2D eigenvalue weighted by Gasteiger charge is 2.38. The fourth-order valence-electron chi connectivity index (χ4n) is 5.70. The van der Waals surface area contributed by atoms with E-state index in [1.54, 1.807) is 0 Å². The third-order valence-corrected chi connectivity index (χ3v) is 7.59. The number of anilines is 1. The number of piperidine rings is 1. The third kappa shape index (κ3) is 5.30. The molecular formula is C25H40N8O2. The maximum absolute atomic E-state index is 13.5. The molecule has 4 atom stereocenters. The van der Waals surface area contributed by atoms with Gasteiger partial charge in [-0.3, -0.25) is 4.79 Å². The number of rotatable bonds is 8. The van der Waals surface area contributed by atoms with Crippen molar-refractivity contribution < 1.29 is 9.53 Å². The van der Waals surface area contributed by atoms with Crippen LogP contribution in [0.15, 0.2) is 12.3 Å². The molecule has 2 aromatic rings. The van der Waals surface area contributed by atoms with Gasteiger partial charge in [0, 0.05) is 50.0 Å². The highest BCUT2D eigenvalue weighted by molar-refractivity contribution is 5.81. The molecule has 10 nitrogen and oxygen atoms in total. The molecule has 3 aliphatic rings. The molecular weight excluding hydrogens is 444 g/mol. The van der Waals surface area contributed by atoms with Gasteiger partial charge >= 0.3 is 0 Å². The highest BCUT2D eigenvalue weighted by atomic mass is 16.5. The van der Waals surface area contributed by atoms with Crippen LogP contribution in [-0.4, -0.2) is 82.9 Å². The number of nitrogens with one attached hydrogen (secondary N) is 1.